The summed E-state index contributed by atoms with van der Waals surface area (Å²) in [6.07, 6.45) is -0.719. The van der Waals surface area contributed by atoms with Gasteiger partial charge in [0.1, 0.15) is 23.4 Å². The quantitative estimate of drug-likeness (QED) is 0.910. The summed E-state index contributed by atoms with van der Waals surface area (Å²) in [5, 5.41) is 10.6. The summed E-state index contributed by atoms with van der Waals surface area (Å²) in [7, 11) is 1.56. The Bertz CT molecular complexity index is 675. The van der Waals surface area contributed by atoms with Gasteiger partial charge in [0.25, 0.3) is 0 Å². The van der Waals surface area contributed by atoms with Gasteiger partial charge in [-0.15, -0.1) is 0 Å². The molecule has 2 aromatic carbocycles. The molecule has 0 saturated heterocycles. The fraction of sp³-hybridized carbons (Fsp3) is 0.250. The number of benzene rings is 2. The van der Waals surface area contributed by atoms with E-state index in [1.807, 2.05) is 0 Å². The summed E-state index contributed by atoms with van der Waals surface area (Å²) >= 11 is 6.07. The van der Waals surface area contributed by atoms with Crippen LogP contribution in [0.4, 0.5) is 4.39 Å². The molecule has 0 radical (unpaired) electrons. The van der Waals surface area contributed by atoms with Crippen LogP contribution in [0.25, 0.3) is 0 Å². The Labute approximate surface area is 126 Å². The maximum absolute atomic E-state index is 13.1. The maximum atomic E-state index is 13.1. The molecule has 0 aliphatic carbocycles. The van der Waals surface area contributed by atoms with Crippen molar-refractivity contribution in [2.75, 3.05) is 7.11 Å². The monoisotopic (exact) mass is 308 g/mol. The number of fused-ring (bicyclic) bond motifs is 1. The normalized spacial score (nSPS) is 20.6. The largest absolute Gasteiger partial charge is 0.497 e. The molecule has 2 aromatic rings. The van der Waals surface area contributed by atoms with Crippen LogP contribution in [0.2, 0.25) is 5.02 Å². The molecule has 1 unspecified atom stereocenters. The summed E-state index contributed by atoms with van der Waals surface area (Å²) in [6, 6.07) is 9.44. The van der Waals surface area contributed by atoms with E-state index in [0.717, 1.165) is 0 Å². The topological polar surface area (TPSA) is 38.7 Å². The van der Waals surface area contributed by atoms with Crippen LogP contribution in [0.3, 0.4) is 0 Å². The molecule has 0 fully saturated rings. The molecule has 0 spiro atoms. The predicted molar refractivity (Wildman–Crippen MR) is 77.3 cm³/mol. The van der Waals surface area contributed by atoms with Gasteiger partial charge in [0, 0.05) is 23.6 Å². The van der Waals surface area contributed by atoms with Gasteiger partial charge in [-0.1, -0.05) is 17.7 Å². The van der Waals surface area contributed by atoms with Gasteiger partial charge in [0.2, 0.25) is 0 Å². The molecule has 0 bridgehead atoms. The minimum Gasteiger partial charge on any atom is -0.497 e. The van der Waals surface area contributed by atoms with Crippen LogP contribution < -0.4 is 9.47 Å². The van der Waals surface area contributed by atoms with Crippen molar-refractivity contribution in [3.63, 3.8) is 0 Å². The average molecular weight is 309 g/mol. The number of halogens is 2. The Balaban J connectivity index is 1.96. The van der Waals surface area contributed by atoms with Crippen LogP contribution in [0.1, 0.15) is 29.8 Å². The van der Waals surface area contributed by atoms with Crippen molar-refractivity contribution >= 4 is 11.6 Å². The summed E-state index contributed by atoms with van der Waals surface area (Å²) in [4.78, 5) is 0. The zero-order valence-corrected chi connectivity index (χ0v) is 12.1. The SMILES string of the molecule is COc1ccc2c(c1)OC(c1ccc(F)cc1Cl)C[C@@H]2O. The minimum absolute atomic E-state index is 0.290. The van der Waals surface area contributed by atoms with E-state index in [1.165, 1.54) is 12.1 Å². The molecule has 2 atom stereocenters. The lowest BCUT2D eigenvalue weighted by Crippen LogP contribution is -2.19. The third-order valence-electron chi connectivity index (χ3n) is 3.60. The van der Waals surface area contributed by atoms with Gasteiger partial charge in [0.05, 0.1) is 18.2 Å². The lowest BCUT2D eigenvalue weighted by molar-refractivity contribution is 0.0655. The van der Waals surface area contributed by atoms with Gasteiger partial charge >= 0.3 is 0 Å². The molecule has 0 saturated carbocycles. The first-order valence-electron chi connectivity index (χ1n) is 6.56. The highest BCUT2D eigenvalue weighted by Gasteiger charge is 2.29. The van der Waals surface area contributed by atoms with Crippen molar-refractivity contribution in [2.24, 2.45) is 0 Å². The van der Waals surface area contributed by atoms with Gasteiger partial charge in [-0.3, -0.25) is 0 Å². The fourth-order valence-corrected chi connectivity index (χ4v) is 2.79. The van der Waals surface area contributed by atoms with E-state index in [4.69, 9.17) is 21.1 Å². The highest BCUT2D eigenvalue weighted by molar-refractivity contribution is 6.31. The molecule has 0 amide bonds. The minimum atomic E-state index is -0.661. The molecular weight excluding hydrogens is 295 g/mol. The lowest BCUT2D eigenvalue weighted by atomic mass is 9.95. The molecular formula is C16H14ClFO3. The third-order valence-corrected chi connectivity index (χ3v) is 3.92. The molecule has 5 heteroatoms. The van der Waals surface area contributed by atoms with Crippen molar-refractivity contribution in [1.29, 1.82) is 0 Å². The number of ether oxygens (including phenoxy) is 2. The van der Waals surface area contributed by atoms with Crippen LogP contribution in [-0.2, 0) is 0 Å². The number of hydrogen-bond acceptors (Lipinski definition) is 3. The van der Waals surface area contributed by atoms with E-state index < -0.39 is 18.0 Å². The third kappa shape index (κ3) is 2.69. The number of methoxy groups -OCH3 is 1. The molecule has 1 N–H and O–H groups in total. The summed E-state index contributed by atoms with van der Waals surface area (Å²) in [5.41, 5.74) is 1.37. The second kappa shape index (κ2) is 5.54. The van der Waals surface area contributed by atoms with Gasteiger partial charge in [-0.25, -0.2) is 4.39 Å². The van der Waals surface area contributed by atoms with E-state index in [1.54, 1.807) is 31.4 Å². The Morgan fingerprint density at radius 1 is 1.24 bits per heavy atom. The molecule has 110 valence electrons. The first-order valence-corrected chi connectivity index (χ1v) is 6.94. The Hall–Kier alpha value is -1.78. The van der Waals surface area contributed by atoms with E-state index in [2.05, 4.69) is 0 Å². The van der Waals surface area contributed by atoms with Crippen LogP contribution in [0, 0.1) is 5.82 Å². The summed E-state index contributed by atoms with van der Waals surface area (Å²) in [5.74, 6) is 0.799. The van der Waals surface area contributed by atoms with Crippen molar-refractivity contribution < 1.29 is 19.0 Å². The van der Waals surface area contributed by atoms with Crippen LogP contribution in [0.5, 0.6) is 11.5 Å². The van der Waals surface area contributed by atoms with E-state index in [0.29, 0.717) is 34.1 Å². The average Bonchev–Trinajstić information content (AvgIpc) is 2.46. The molecule has 1 heterocycles. The first kappa shape index (κ1) is 14.2. The van der Waals surface area contributed by atoms with E-state index >= 15 is 0 Å². The van der Waals surface area contributed by atoms with Gasteiger partial charge < -0.3 is 14.6 Å². The summed E-state index contributed by atoms with van der Waals surface area (Å²) < 4.78 is 24.2. The molecule has 3 nitrogen and oxygen atoms in total. The van der Waals surface area contributed by atoms with Crippen molar-refractivity contribution in [3.8, 4) is 11.5 Å². The van der Waals surface area contributed by atoms with Crippen molar-refractivity contribution in [3.05, 3.63) is 58.4 Å². The lowest BCUT2D eigenvalue weighted by Gasteiger charge is -2.30. The number of aliphatic hydroxyl groups excluding tert-OH is 1. The van der Waals surface area contributed by atoms with Crippen LogP contribution >= 0.6 is 11.6 Å². The number of aliphatic hydroxyl groups is 1. The van der Waals surface area contributed by atoms with Crippen molar-refractivity contribution in [1.82, 2.24) is 0 Å². The Morgan fingerprint density at radius 3 is 2.71 bits per heavy atom. The van der Waals surface area contributed by atoms with Gasteiger partial charge in [0.15, 0.2) is 0 Å². The predicted octanol–water partition coefficient (Wildman–Crippen LogP) is 4.04. The maximum Gasteiger partial charge on any atom is 0.129 e. The highest BCUT2D eigenvalue weighted by Crippen LogP contribution is 2.43. The molecule has 21 heavy (non-hydrogen) atoms. The fourth-order valence-electron chi connectivity index (χ4n) is 2.50. The zero-order chi connectivity index (χ0) is 15.0. The van der Waals surface area contributed by atoms with Crippen molar-refractivity contribution in [2.45, 2.75) is 18.6 Å². The highest BCUT2D eigenvalue weighted by atomic mass is 35.5. The Kier molecular flexibility index (Phi) is 3.74. The van der Waals surface area contributed by atoms with Gasteiger partial charge in [-0.05, 0) is 24.3 Å². The molecule has 1 aliphatic heterocycles. The first-order chi connectivity index (χ1) is 10.1. The zero-order valence-electron chi connectivity index (χ0n) is 11.3. The van der Waals surface area contributed by atoms with Crippen LogP contribution in [-0.4, -0.2) is 12.2 Å². The summed E-state index contributed by atoms with van der Waals surface area (Å²) in [6.45, 7) is 0. The number of rotatable bonds is 2. The molecule has 0 aromatic heterocycles. The number of hydrogen-bond donors (Lipinski definition) is 1. The smallest absolute Gasteiger partial charge is 0.129 e. The van der Waals surface area contributed by atoms with E-state index in [-0.39, 0.29) is 0 Å². The standard InChI is InChI=1S/C16H14ClFO3/c1-20-10-3-5-12-14(19)8-16(21-15(12)7-10)11-4-2-9(18)6-13(11)17/h2-7,14,16,19H,8H2,1H3/t14-,16?/m0/s1. The van der Waals surface area contributed by atoms with E-state index in [9.17, 15) is 9.50 Å². The second-order valence-electron chi connectivity index (χ2n) is 4.93. The Morgan fingerprint density at radius 2 is 2.00 bits per heavy atom. The van der Waals surface area contributed by atoms with Gasteiger partial charge in [-0.2, -0.15) is 0 Å². The molecule has 3 rings (SSSR count). The molecule has 1 aliphatic rings. The second-order valence-corrected chi connectivity index (χ2v) is 5.33. The van der Waals surface area contributed by atoms with Crippen LogP contribution in [0.15, 0.2) is 36.4 Å².